The van der Waals surface area contributed by atoms with Gasteiger partial charge in [-0.05, 0) is 111 Å². The molecule has 0 amide bonds. The molecule has 2 unspecified atom stereocenters. The summed E-state index contributed by atoms with van der Waals surface area (Å²) in [6, 6.07) is 40.1. The van der Waals surface area contributed by atoms with Crippen LogP contribution >= 0.6 is 0 Å². The van der Waals surface area contributed by atoms with Crippen LogP contribution in [-0.2, 0) is 17.9 Å². The normalized spacial score (nSPS) is 12.9. The second-order valence-corrected chi connectivity index (χ2v) is 14.6. The number of aromatic nitrogens is 2. The van der Waals surface area contributed by atoms with Gasteiger partial charge in [0.25, 0.3) is 0 Å². The molecule has 54 heavy (non-hydrogen) atoms. The van der Waals surface area contributed by atoms with E-state index < -0.39 is 0 Å². The van der Waals surface area contributed by atoms with E-state index in [1.54, 1.807) is 0 Å². The molecule has 8 rings (SSSR count). The first-order chi connectivity index (χ1) is 26.1. The molecule has 0 saturated carbocycles. The van der Waals surface area contributed by atoms with E-state index in [0.29, 0.717) is 22.3 Å². The van der Waals surface area contributed by atoms with Gasteiger partial charge in [0.15, 0.2) is 11.6 Å². The lowest BCUT2D eigenvalue weighted by atomic mass is 9.85. The number of fused-ring (bicyclic) bond motifs is 6. The molecule has 2 atom stereocenters. The van der Waals surface area contributed by atoms with Crippen molar-refractivity contribution in [3.8, 4) is 0 Å². The lowest BCUT2D eigenvalue weighted by Crippen LogP contribution is -2.16. The van der Waals surface area contributed by atoms with Gasteiger partial charge in [-0.15, -0.1) is 0 Å². The molecule has 268 valence electrons. The van der Waals surface area contributed by atoms with Crippen molar-refractivity contribution < 1.29 is 14.4 Å². The Morgan fingerprint density at radius 2 is 0.833 bits per heavy atom. The molecule has 0 aliphatic rings. The highest BCUT2D eigenvalue weighted by Crippen LogP contribution is 2.37. The van der Waals surface area contributed by atoms with Gasteiger partial charge in [-0.25, -0.2) is 0 Å². The molecule has 5 nitrogen and oxygen atoms in total. The molecule has 0 spiro atoms. The molecular weight excluding hydrogens is 665 g/mol. The molecule has 0 aliphatic carbocycles. The van der Waals surface area contributed by atoms with Crippen molar-refractivity contribution in [3.05, 3.63) is 166 Å². The monoisotopic (exact) mass is 708 g/mol. The quantitative estimate of drug-likeness (QED) is 0.133. The van der Waals surface area contributed by atoms with Crippen molar-refractivity contribution in [1.29, 1.82) is 0 Å². The highest BCUT2D eigenvalue weighted by molar-refractivity contribution is 6.16. The molecule has 0 aliphatic heterocycles. The van der Waals surface area contributed by atoms with Crippen molar-refractivity contribution >= 4 is 61.0 Å². The van der Waals surface area contributed by atoms with Gasteiger partial charge in [0.05, 0.1) is 0 Å². The minimum absolute atomic E-state index is 0.00839. The molecule has 0 radical (unpaired) electrons. The van der Waals surface area contributed by atoms with Crippen molar-refractivity contribution in [2.24, 2.45) is 0 Å². The lowest BCUT2D eigenvalue weighted by Gasteiger charge is -2.18. The Kier molecular flexibility index (Phi) is 8.89. The summed E-state index contributed by atoms with van der Waals surface area (Å²) >= 11 is 0. The third-order valence-corrected chi connectivity index (χ3v) is 11.6. The first-order valence-corrected chi connectivity index (χ1v) is 19.0. The molecule has 0 fully saturated rings. The molecular formula is C49H44N2O3. The van der Waals surface area contributed by atoms with Gasteiger partial charge in [-0.2, -0.15) is 0 Å². The first kappa shape index (κ1) is 35.0. The molecule has 0 bridgehead atoms. The van der Waals surface area contributed by atoms with Crippen molar-refractivity contribution in [3.63, 3.8) is 0 Å². The van der Waals surface area contributed by atoms with Crippen molar-refractivity contribution in [2.75, 3.05) is 0 Å². The number of carbonyl (C=O) groups is 3. The number of hydrogen-bond acceptors (Lipinski definition) is 3. The van der Waals surface area contributed by atoms with Gasteiger partial charge in [0, 0.05) is 90.8 Å². The summed E-state index contributed by atoms with van der Waals surface area (Å²) in [6.45, 7) is 13.8. The largest absolute Gasteiger partial charge is 0.341 e. The Bertz CT molecular complexity index is 2620. The molecule has 2 heterocycles. The Morgan fingerprint density at radius 1 is 0.481 bits per heavy atom. The van der Waals surface area contributed by atoms with Gasteiger partial charge < -0.3 is 9.13 Å². The van der Waals surface area contributed by atoms with Crippen molar-refractivity contribution in [2.45, 2.75) is 66.5 Å². The molecule has 0 N–H and O–H groups in total. The molecule has 5 heteroatoms. The van der Waals surface area contributed by atoms with E-state index in [1.807, 2.05) is 113 Å². The second-order valence-electron chi connectivity index (χ2n) is 14.6. The van der Waals surface area contributed by atoms with Gasteiger partial charge in [0.2, 0.25) is 0 Å². The van der Waals surface area contributed by atoms with E-state index in [1.165, 1.54) is 0 Å². The smallest absolute Gasteiger partial charge is 0.193 e. The van der Waals surface area contributed by atoms with Crippen LogP contribution in [0, 0.1) is 13.8 Å². The van der Waals surface area contributed by atoms with Crippen LogP contribution in [0.1, 0.15) is 93.6 Å². The van der Waals surface area contributed by atoms with E-state index >= 15 is 0 Å². The van der Waals surface area contributed by atoms with E-state index in [0.717, 1.165) is 79.0 Å². The fraction of sp³-hybridized carbons (Fsp3) is 0.204. The van der Waals surface area contributed by atoms with Crippen LogP contribution in [0.3, 0.4) is 0 Å². The minimum Gasteiger partial charge on any atom is -0.341 e. The number of nitrogens with zero attached hydrogens (tertiary/aromatic N) is 2. The molecule has 0 saturated heterocycles. The van der Waals surface area contributed by atoms with E-state index in [4.69, 9.17) is 0 Å². The highest BCUT2D eigenvalue weighted by atomic mass is 16.1. The summed E-state index contributed by atoms with van der Waals surface area (Å²) in [5.41, 5.74) is 10.8. The van der Waals surface area contributed by atoms with Crippen LogP contribution in [-0.4, -0.2) is 26.5 Å². The average molecular weight is 709 g/mol. The second kappa shape index (κ2) is 13.7. The fourth-order valence-electron chi connectivity index (χ4n) is 8.42. The van der Waals surface area contributed by atoms with Crippen molar-refractivity contribution in [1.82, 2.24) is 9.13 Å². The third-order valence-electron chi connectivity index (χ3n) is 11.6. The number of carbonyl (C=O) groups excluding carboxylic acids is 3. The van der Waals surface area contributed by atoms with Gasteiger partial charge in [0.1, 0.15) is 5.78 Å². The van der Waals surface area contributed by atoms with Crippen LogP contribution in [0.2, 0.25) is 0 Å². The van der Waals surface area contributed by atoms with Gasteiger partial charge in [-0.3, -0.25) is 14.4 Å². The van der Waals surface area contributed by atoms with E-state index in [-0.39, 0.29) is 29.2 Å². The maximum atomic E-state index is 14.3. The predicted molar refractivity (Wildman–Crippen MR) is 221 cm³/mol. The lowest BCUT2D eigenvalue weighted by molar-refractivity contribution is -0.121. The Hall–Kier alpha value is -6.07. The standard InChI is InChI=1S/C49H44N2O3/c1-7-50-43-21-17-33(25-39(43)41-27-35(19-23-45(41)50)48(53)37-15-11-9-13-29(37)3)31(5)47(52)32(6)34-18-22-44-40(26-34)42-28-36(20-24-46(42)51(44)8-2)49(54)38-16-12-10-14-30(38)4/h9-28,31-32H,7-8H2,1-6H3. The topological polar surface area (TPSA) is 61.1 Å². The Labute approximate surface area is 315 Å². The summed E-state index contributed by atoms with van der Waals surface area (Å²) in [7, 11) is 0. The Balaban J connectivity index is 1.15. The molecule has 6 aromatic carbocycles. The minimum atomic E-state index is -0.354. The predicted octanol–water partition coefficient (Wildman–Crippen LogP) is 11.5. The maximum Gasteiger partial charge on any atom is 0.193 e. The zero-order valence-electron chi connectivity index (χ0n) is 31.7. The van der Waals surface area contributed by atoms with Crippen LogP contribution in [0.15, 0.2) is 121 Å². The zero-order chi connectivity index (χ0) is 37.8. The fourth-order valence-corrected chi connectivity index (χ4v) is 8.42. The van der Waals surface area contributed by atoms with E-state index in [9.17, 15) is 14.4 Å². The summed E-state index contributed by atoms with van der Waals surface area (Å²) in [6.07, 6.45) is 0. The SMILES string of the molecule is CCn1c2ccc(C(=O)c3ccccc3C)cc2c2cc(C(C)C(=O)C(C)c3ccc4c(c3)c3cc(C(=O)c5ccccc5C)ccc3n4CC)ccc21. The van der Waals surface area contributed by atoms with E-state index in [2.05, 4.69) is 59.4 Å². The van der Waals surface area contributed by atoms with Gasteiger partial charge in [-0.1, -0.05) is 74.5 Å². The zero-order valence-corrected chi connectivity index (χ0v) is 31.7. The summed E-state index contributed by atoms with van der Waals surface area (Å²) in [5, 5.41) is 4.11. The highest BCUT2D eigenvalue weighted by Gasteiger charge is 2.25. The van der Waals surface area contributed by atoms with Crippen LogP contribution in [0.4, 0.5) is 0 Å². The third kappa shape index (κ3) is 5.67. The number of hydrogen-bond donors (Lipinski definition) is 0. The first-order valence-electron chi connectivity index (χ1n) is 19.0. The number of ketones is 3. The summed E-state index contributed by atoms with van der Waals surface area (Å²) in [4.78, 5) is 41.6. The van der Waals surface area contributed by atoms with Crippen LogP contribution < -0.4 is 0 Å². The number of Topliss-reactive ketones (excluding diaryl/α,β-unsaturated/α-hetero) is 1. The number of aryl methyl sites for hydroxylation is 4. The summed E-state index contributed by atoms with van der Waals surface area (Å²) in [5.74, 6) is -0.555. The molecule has 2 aromatic heterocycles. The number of benzene rings is 6. The molecule has 8 aromatic rings. The number of rotatable bonds is 10. The van der Waals surface area contributed by atoms with Gasteiger partial charge >= 0.3 is 0 Å². The average Bonchev–Trinajstić information content (AvgIpc) is 3.70. The summed E-state index contributed by atoms with van der Waals surface area (Å²) < 4.78 is 4.54. The van der Waals surface area contributed by atoms with Crippen LogP contribution in [0.5, 0.6) is 0 Å². The Morgan fingerprint density at radius 3 is 1.20 bits per heavy atom. The van der Waals surface area contributed by atoms with Crippen LogP contribution in [0.25, 0.3) is 43.6 Å². The maximum absolute atomic E-state index is 14.3.